The molecule has 0 unspecified atom stereocenters. The predicted octanol–water partition coefficient (Wildman–Crippen LogP) is 0.845. The Morgan fingerprint density at radius 3 is 2.59 bits per heavy atom. The summed E-state index contributed by atoms with van der Waals surface area (Å²) >= 11 is 0. The zero-order chi connectivity index (χ0) is 12.5. The molecule has 0 aliphatic heterocycles. The highest BCUT2D eigenvalue weighted by Crippen LogP contribution is 2.30. The molecule has 1 amide bonds. The third-order valence-electron chi connectivity index (χ3n) is 3.14. The van der Waals surface area contributed by atoms with Crippen LogP contribution in [0, 0.1) is 6.92 Å². The Morgan fingerprint density at radius 2 is 2.12 bits per heavy atom. The van der Waals surface area contributed by atoms with E-state index in [1.807, 2.05) is 0 Å². The van der Waals surface area contributed by atoms with Crippen molar-refractivity contribution in [3.05, 3.63) is 17.7 Å². The lowest BCUT2D eigenvalue weighted by atomic mass is 9.98. The largest absolute Gasteiger partial charge is 0.480 e. The number of imidazole rings is 1. The van der Waals surface area contributed by atoms with Crippen LogP contribution in [0.2, 0.25) is 0 Å². The molecule has 6 nitrogen and oxygen atoms in total. The molecule has 17 heavy (non-hydrogen) atoms. The molecule has 2 rings (SSSR count). The fourth-order valence-electron chi connectivity index (χ4n) is 2.18. The van der Waals surface area contributed by atoms with Gasteiger partial charge in [-0.2, -0.15) is 0 Å². The van der Waals surface area contributed by atoms with Gasteiger partial charge in [0.15, 0.2) is 5.82 Å². The van der Waals surface area contributed by atoms with Crippen molar-refractivity contribution in [1.29, 1.82) is 0 Å². The molecule has 1 fully saturated rings. The molecule has 6 heteroatoms. The van der Waals surface area contributed by atoms with Crippen LogP contribution in [0.15, 0.2) is 6.20 Å². The van der Waals surface area contributed by atoms with E-state index in [1.165, 1.54) is 6.20 Å². The van der Waals surface area contributed by atoms with Gasteiger partial charge in [-0.25, -0.2) is 9.78 Å². The number of aromatic amines is 1. The fraction of sp³-hybridized carbons (Fsp3) is 0.545. The molecule has 0 aromatic carbocycles. The van der Waals surface area contributed by atoms with Crippen molar-refractivity contribution in [2.75, 3.05) is 0 Å². The van der Waals surface area contributed by atoms with Crippen LogP contribution in [0.25, 0.3) is 0 Å². The number of nitrogens with zero attached hydrogens (tertiary/aromatic N) is 1. The Bertz CT molecular complexity index is 447. The summed E-state index contributed by atoms with van der Waals surface area (Å²) in [5.74, 6) is -1.26. The molecule has 0 saturated heterocycles. The van der Waals surface area contributed by atoms with Gasteiger partial charge in [0, 0.05) is 11.9 Å². The molecule has 3 N–H and O–H groups in total. The fourth-order valence-corrected chi connectivity index (χ4v) is 2.18. The van der Waals surface area contributed by atoms with Gasteiger partial charge in [-0.05, 0) is 19.8 Å². The Morgan fingerprint density at radius 1 is 1.47 bits per heavy atom. The zero-order valence-electron chi connectivity index (χ0n) is 9.62. The topological polar surface area (TPSA) is 95.1 Å². The number of amides is 1. The second-order valence-corrected chi connectivity index (χ2v) is 4.46. The molecular formula is C11H15N3O3. The minimum absolute atomic E-state index is 0.162. The normalized spacial score (nSPS) is 17.9. The number of aliphatic carboxylic acids is 1. The SMILES string of the molecule is Cc1cnc(C(=O)NC2(C(=O)O)CCCC2)[nH]1. The number of rotatable bonds is 3. The first-order valence-electron chi connectivity index (χ1n) is 5.61. The maximum atomic E-state index is 11.9. The summed E-state index contributed by atoms with van der Waals surface area (Å²) in [5, 5.41) is 11.8. The summed E-state index contributed by atoms with van der Waals surface area (Å²) in [7, 11) is 0. The van der Waals surface area contributed by atoms with Crippen LogP contribution in [-0.4, -0.2) is 32.5 Å². The van der Waals surface area contributed by atoms with Crippen LogP contribution in [0.3, 0.4) is 0 Å². The lowest BCUT2D eigenvalue weighted by molar-refractivity contribution is -0.144. The summed E-state index contributed by atoms with van der Waals surface area (Å²) in [6.07, 6.45) is 4.14. The highest BCUT2D eigenvalue weighted by molar-refractivity contribution is 5.95. The molecule has 1 saturated carbocycles. The molecule has 1 aliphatic rings. The molecule has 1 aromatic heterocycles. The zero-order valence-corrected chi connectivity index (χ0v) is 9.62. The highest BCUT2D eigenvalue weighted by atomic mass is 16.4. The summed E-state index contributed by atoms with van der Waals surface area (Å²) in [6.45, 7) is 1.78. The molecule has 0 atom stereocenters. The second kappa shape index (κ2) is 4.20. The van der Waals surface area contributed by atoms with Gasteiger partial charge >= 0.3 is 5.97 Å². The van der Waals surface area contributed by atoms with E-state index in [1.54, 1.807) is 6.92 Å². The van der Waals surface area contributed by atoms with Gasteiger partial charge in [0.1, 0.15) is 5.54 Å². The number of carboxylic acids is 1. The van der Waals surface area contributed by atoms with Gasteiger partial charge in [-0.1, -0.05) is 12.8 Å². The Balaban J connectivity index is 2.14. The van der Waals surface area contributed by atoms with Crippen molar-refractivity contribution >= 4 is 11.9 Å². The highest BCUT2D eigenvalue weighted by Gasteiger charge is 2.43. The van der Waals surface area contributed by atoms with Gasteiger partial charge in [0.05, 0.1) is 0 Å². The smallest absolute Gasteiger partial charge is 0.329 e. The van der Waals surface area contributed by atoms with Crippen molar-refractivity contribution in [2.24, 2.45) is 0 Å². The van der Waals surface area contributed by atoms with Gasteiger partial charge in [0.25, 0.3) is 5.91 Å². The molecule has 92 valence electrons. The summed E-state index contributed by atoms with van der Waals surface area (Å²) in [6, 6.07) is 0. The second-order valence-electron chi connectivity index (χ2n) is 4.46. The van der Waals surface area contributed by atoms with Crippen LogP contribution in [0.5, 0.6) is 0 Å². The average Bonchev–Trinajstić information content (AvgIpc) is 2.87. The maximum Gasteiger partial charge on any atom is 0.329 e. The first-order valence-corrected chi connectivity index (χ1v) is 5.61. The van der Waals surface area contributed by atoms with Gasteiger partial charge in [0.2, 0.25) is 0 Å². The van der Waals surface area contributed by atoms with Crippen molar-refractivity contribution in [2.45, 2.75) is 38.1 Å². The van der Waals surface area contributed by atoms with E-state index < -0.39 is 17.4 Å². The number of carboxylic acid groups (broad SMARTS) is 1. The van der Waals surface area contributed by atoms with Crippen molar-refractivity contribution in [1.82, 2.24) is 15.3 Å². The third-order valence-corrected chi connectivity index (χ3v) is 3.14. The van der Waals surface area contributed by atoms with E-state index in [0.29, 0.717) is 12.8 Å². The molecule has 0 radical (unpaired) electrons. The summed E-state index contributed by atoms with van der Waals surface area (Å²) in [5.41, 5.74) is -0.344. The molecule has 0 spiro atoms. The van der Waals surface area contributed by atoms with E-state index in [2.05, 4.69) is 15.3 Å². The molecular weight excluding hydrogens is 222 g/mol. The Labute approximate surface area is 98.4 Å². The number of aryl methyl sites for hydroxylation is 1. The lowest BCUT2D eigenvalue weighted by Crippen LogP contribution is -2.52. The number of hydrogen-bond donors (Lipinski definition) is 3. The molecule has 1 aromatic rings. The quantitative estimate of drug-likeness (QED) is 0.726. The number of carbonyl (C=O) groups is 2. The molecule has 1 aliphatic carbocycles. The first-order chi connectivity index (χ1) is 8.03. The van der Waals surface area contributed by atoms with Crippen LogP contribution < -0.4 is 5.32 Å². The van der Waals surface area contributed by atoms with Crippen LogP contribution >= 0.6 is 0 Å². The third kappa shape index (κ3) is 2.15. The standard InChI is InChI=1S/C11H15N3O3/c1-7-6-12-8(13-7)9(15)14-11(10(16)17)4-2-3-5-11/h6H,2-5H2,1H3,(H,12,13)(H,14,15)(H,16,17). The van der Waals surface area contributed by atoms with E-state index in [-0.39, 0.29) is 5.82 Å². The Kier molecular flexibility index (Phi) is 2.87. The summed E-state index contributed by atoms with van der Waals surface area (Å²) < 4.78 is 0. The molecule has 1 heterocycles. The van der Waals surface area contributed by atoms with Crippen molar-refractivity contribution in [3.8, 4) is 0 Å². The van der Waals surface area contributed by atoms with E-state index in [9.17, 15) is 14.7 Å². The average molecular weight is 237 g/mol. The number of aromatic nitrogens is 2. The van der Waals surface area contributed by atoms with Crippen molar-refractivity contribution < 1.29 is 14.7 Å². The number of nitrogens with one attached hydrogen (secondary N) is 2. The van der Waals surface area contributed by atoms with E-state index in [0.717, 1.165) is 18.5 Å². The van der Waals surface area contributed by atoms with Crippen molar-refractivity contribution in [3.63, 3.8) is 0 Å². The Hall–Kier alpha value is -1.85. The minimum atomic E-state index is -1.11. The molecule has 0 bridgehead atoms. The van der Waals surface area contributed by atoms with Crippen LogP contribution in [0.4, 0.5) is 0 Å². The number of H-pyrrole nitrogens is 1. The lowest BCUT2D eigenvalue weighted by Gasteiger charge is -2.24. The first kappa shape index (κ1) is 11.6. The van der Waals surface area contributed by atoms with E-state index in [4.69, 9.17) is 0 Å². The van der Waals surface area contributed by atoms with Gasteiger partial charge < -0.3 is 15.4 Å². The van der Waals surface area contributed by atoms with Crippen LogP contribution in [-0.2, 0) is 4.79 Å². The maximum absolute atomic E-state index is 11.9. The van der Waals surface area contributed by atoms with E-state index >= 15 is 0 Å². The van der Waals surface area contributed by atoms with Gasteiger partial charge in [-0.15, -0.1) is 0 Å². The number of hydrogen-bond acceptors (Lipinski definition) is 3. The minimum Gasteiger partial charge on any atom is -0.480 e. The number of carbonyl (C=O) groups excluding carboxylic acids is 1. The monoisotopic (exact) mass is 237 g/mol. The van der Waals surface area contributed by atoms with Crippen LogP contribution in [0.1, 0.15) is 42.0 Å². The predicted molar refractivity (Wildman–Crippen MR) is 59.6 cm³/mol. The van der Waals surface area contributed by atoms with Gasteiger partial charge in [-0.3, -0.25) is 4.79 Å². The summed E-state index contributed by atoms with van der Waals surface area (Å²) in [4.78, 5) is 29.8.